The fourth-order valence-corrected chi connectivity index (χ4v) is 2.90. The van der Waals surface area contributed by atoms with Crippen LogP contribution in [0.2, 0.25) is 0 Å². The Balaban J connectivity index is 1.90. The molecule has 3 rings (SSSR count). The molecule has 3 N–H and O–H groups in total. The second-order valence-corrected chi connectivity index (χ2v) is 4.87. The summed E-state index contributed by atoms with van der Waals surface area (Å²) in [7, 11) is 0. The first-order valence-corrected chi connectivity index (χ1v) is 6.29. The highest BCUT2D eigenvalue weighted by atomic mass is 32.1. The topological polar surface area (TPSA) is 67.6 Å². The monoisotopic (exact) mass is 244 g/mol. The van der Waals surface area contributed by atoms with Gasteiger partial charge in [-0.3, -0.25) is 0 Å². The van der Waals surface area contributed by atoms with Crippen LogP contribution in [0.4, 0.5) is 0 Å². The van der Waals surface area contributed by atoms with Crippen LogP contribution in [-0.4, -0.2) is 15.4 Å². The minimum atomic E-state index is -0.105. The molecule has 5 heteroatoms. The molecule has 1 aromatic carbocycles. The molecule has 0 aliphatic heterocycles. The number of benzene rings is 1. The lowest BCUT2D eigenvalue weighted by Gasteiger charge is -2.06. The van der Waals surface area contributed by atoms with Crippen LogP contribution >= 0.6 is 11.3 Å². The van der Waals surface area contributed by atoms with E-state index in [1.807, 2.05) is 0 Å². The minimum Gasteiger partial charge on any atom is -0.322 e. The molecule has 0 saturated carbocycles. The highest BCUT2D eigenvalue weighted by molar-refractivity contribution is 7.17. The van der Waals surface area contributed by atoms with Gasteiger partial charge in [-0.15, -0.1) is 11.3 Å². The van der Waals surface area contributed by atoms with Crippen molar-refractivity contribution in [2.24, 2.45) is 5.73 Å². The summed E-state index contributed by atoms with van der Waals surface area (Å²) < 4.78 is 1.30. The Kier molecular flexibility index (Phi) is 2.62. The first-order valence-electron chi connectivity index (χ1n) is 5.41. The van der Waals surface area contributed by atoms with Gasteiger partial charge in [-0.1, -0.05) is 18.2 Å². The number of nitrogens with two attached hydrogens (primary N) is 1. The second kappa shape index (κ2) is 4.27. The number of hydrogen-bond acceptors (Lipinski definition) is 4. The highest BCUT2D eigenvalue weighted by Gasteiger charge is 2.12. The molecule has 17 heavy (non-hydrogen) atoms. The van der Waals surface area contributed by atoms with Gasteiger partial charge in [0.25, 0.3) is 0 Å². The van der Waals surface area contributed by atoms with E-state index in [2.05, 4.69) is 45.1 Å². The molecule has 0 aliphatic carbocycles. The Bertz CT molecular complexity index is 614. The highest BCUT2D eigenvalue weighted by Crippen LogP contribution is 2.28. The van der Waals surface area contributed by atoms with E-state index in [-0.39, 0.29) is 6.04 Å². The van der Waals surface area contributed by atoms with Crippen LogP contribution in [0, 0.1) is 0 Å². The van der Waals surface area contributed by atoms with Gasteiger partial charge in [-0.2, -0.15) is 15.4 Å². The van der Waals surface area contributed by atoms with Gasteiger partial charge in [0.05, 0.1) is 17.9 Å². The standard InChI is InChI=1S/C12H12N4S/c13-10(11-6-14-16-15-11)5-8-7-17-12-4-2-1-3-9(8)12/h1-4,6-7,10H,5,13H2,(H,14,15,16). The number of fused-ring (bicyclic) bond motifs is 1. The van der Waals surface area contributed by atoms with Crippen molar-refractivity contribution < 1.29 is 0 Å². The average molecular weight is 244 g/mol. The van der Waals surface area contributed by atoms with Crippen molar-refractivity contribution in [1.82, 2.24) is 15.4 Å². The van der Waals surface area contributed by atoms with E-state index >= 15 is 0 Å². The fourth-order valence-electron chi connectivity index (χ4n) is 1.92. The lowest BCUT2D eigenvalue weighted by atomic mass is 10.0. The summed E-state index contributed by atoms with van der Waals surface area (Å²) in [4.78, 5) is 0. The van der Waals surface area contributed by atoms with Crippen molar-refractivity contribution in [3.8, 4) is 0 Å². The third-order valence-corrected chi connectivity index (χ3v) is 3.83. The van der Waals surface area contributed by atoms with E-state index in [0.29, 0.717) is 0 Å². The summed E-state index contributed by atoms with van der Waals surface area (Å²) in [6.07, 6.45) is 2.47. The van der Waals surface area contributed by atoms with Crippen LogP contribution in [0.5, 0.6) is 0 Å². The Morgan fingerprint density at radius 3 is 3.06 bits per heavy atom. The maximum atomic E-state index is 6.10. The largest absolute Gasteiger partial charge is 0.322 e. The summed E-state index contributed by atoms with van der Waals surface area (Å²) in [5, 5.41) is 13.9. The van der Waals surface area contributed by atoms with E-state index in [1.165, 1.54) is 15.6 Å². The molecule has 1 unspecified atom stereocenters. The first kappa shape index (κ1) is 10.4. The lowest BCUT2D eigenvalue weighted by molar-refractivity contribution is 0.695. The lowest BCUT2D eigenvalue weighted by Crippen LogP contribution is -2.13. The summed E-state index contributed by atoms with van der Waals surface area (Å²) in [6.45, 7) is 0. The molecular formula is C12H12N4S. The zero-order valence-corrected chi connectivity index (χ0v) is 9.95. The molecule has 0 amide bonds. The van der Waals surface area contributed by atoms with Gasteiger partial charge in [-0.05, 0) is 28.8 Å². The van der Waals surface area contributed by atoms with Gasteiger partial charge in [0.15, 0.2) is 0 Å². The number of rotatable bonds is 3. The smallest absolute Gasteiger partial charge is 0.0995 e. The number of thiophene rings is 1. The molecule has 0 bridgehead atoms. The minimum absolute atomic E-state index is 0.105. The number of nitrogens with one attached hydrogen (secondary N) is 1. The zero-order chi connectivity index (χ0) is 11.7. The third-order valence-electron chi connectivity index (χ3n) is 2.81. The number of hydrogen-bond donors (Lipinski definition) is 2. The molecule has 0 radical (unpaired) electrons. The molecule has 0 spiro atoms. The molecule has 1 atom stereocenters. The van der Waals surface area contributed by atoms with Gasteiger partial charge in [0.2, 0.25) is 0 Å². The molecule has 0 aliphatic rings. The quantitative estimate of drug-likeness (QED) is 0.742. The Morgan fingerprint density at radius 2 is 2.24 bits per heavy atom. The van der Waals surface area contributed by atoms with Crippen LogP contribution in [-0.2, 0) is 6.42 Å². The van der Waals surface area contributed by atoms with Gasteiger partial charge >= 0.3 is 0 Å². The van der Waals surface area contributed by atoms with Crippen molar-refractivity contribution in [2.75, 3.05) is 0 Å². The summed E-state index contributed by atoms with van der Waals surface area (Å²) >= 11 is 1.75. The van der Waals surface area contributed by atoms with Crippen LogP contribution < -0.4 is 5.73 Å². The van der Waals surface area contributed by atoms with Crippen LogP contribution in [0.25, 0.3) is 10.1 Å². The van der Waals surface area contributed by atoms with Gasteiger partial charge in [-0.25, -0.2) is 0 Å². The van der Waals surface area contributed by atoms with E-state index in [4.69, 9.17) is 5.73 Å². The maximum absolute atomic E-state index is 6.10. The fraction of sp³-hybridized carbons (Fsp3) is 0.167. The summed E-state index contributed by atoms with van der Waals surface area (Å²) in [5.74, 6) is 0. The first-order chi connectivity index (χ1) is 8.34. The van der Waals surface area contributed by atoms with Crippen molar-refractivity contribution in [2.45, 2.75) is 12.5 Å². The average Bonchev–Trinajstić information content (AvgIpc) is 2.98. The predicted molar refractivity (Wildman–Crippen MR) is 68.8 cm³/mol. The molecule has 3 aromatic rings. The van der Waals surface area contributed by atoms with Crippen LogP contribution in [0.3, 0.4) is 0 Å². The normalized spacial score (nSPS) is 13.0. The Labute approximate surface area is 102 Å². The molecular weight excluding hydrogens is 232 g/mol. The number of nitrogens with zero attached hydrogens (tertiary/aromatic N) is 2. The van der Waals surface area contributed by atoms with Crippen molar-refractivity contribution in [3.63, 3.8) is 0 Å². The Hall–Kier alpha value is -1.72. The third kappa shape index (κ3) is 1.94. The van der Waals surface area contributed by atoms with Gasteiger partial charge in [0.1, 0.15) is 0 Å². The van der Waals surface area contributed by atoms with Crippen molar-refractivity contribution >= 4 is 21.4 Å². The van der Waals surface area contributed by atoms with Crippen molar-refractivity contribution in [1.29, 1.82) is 0 Å². The molecule has 0 fully saturated rings. The summed E-state index contributed by atoms with van der Waals surface area (Å²) in [5.41, 5.74) is 8.19. The maximum Gasteiger partial charge on any atom is 0.0995 e. The van der Waals surface area contributed by atoms with E-state index in [1.54, 1.807) is 17.5 Å². The Morgan fingerprint density at radius 1 is 1.35 bits per heavy atom. The number of aromatic nitrogens is 3. The van der Waals surface area contributed by atoms with E-state index in [9.17, 15) is 0 Å². The van der Waals surface area contributed by atoms with Gasteiger partial charge < -0.3 is 5.73 Å². The van der Waals surface area contributed by atoms with Gasteiger partial charge in [0, 0.05) is 4.70 Å². The molecule has 2 heterocycles. The summed E-state index contributed by atoms with van der Waals surface area (Å²) in [6, 6.07) is 8.27. The predicted octanol–water partition coefficient (Wildman–Crippen LogP) is 2.26. The van der Waals surface area contributed by atoms with Crippen molar-refractivity contribution in [3.05, 3.63) is 47.1 Å². The van der Waals surface area contributed by atoms with E-state index < -0.39 is 0 Å². The number of H-pyrrole nitrogens is 1. The zero-order valence-electron chi connectivity index (χ0n) is 9.13. The number of aromatic amines is 1. The SMILES string of the molecule is NC(Cc1csc2ccccc12)c1cn[nH]n1. The molecule has 0 saturated heterocycles. The van der Waals surface area contributed by atoms with E-state index in [0.717, 1.165) is 12.1 Å². The molecule has 2 aromatic heterocycles. The molecule has 4 nitrogen and oxygen atoms in total. The van der Waals surface area contributed by atoms with Crippen LogP contribution in [0.1, 0.15) is 17.3 Å². The molecule has 86 valence electrons. The second-order valence-electron chi connectivity index (χ2n) is 3.96. The van der Waals surface area contributed by atoms with Crippen LogP contribution in [0.15, 0.2) is 35.8 Å².